The number of carbonyl (C=O) groups is 2. The fraction of sp³-hybridized carbons (Fsp3) is 0.867. The van der Waals surface area contributed by atoms with Crippen molar-refractivity contribution in [1.82, 2.24) is 5.32 Å². The second-order valence-corrected chi connectivity index (χ2v) is 5.74. The van der Waals surface area contributed by atoms with Gasteiger partial charge >= 0.3 is 0 Å². The largest absolute Gasteiger partial charge is 0.377 e. The molecule has 0 aliphatic carbocycles. The Bertz CT molecular complexity index is 299. The average molecular weight is 303 g/mol. The molecule has 6 heteroatoms. The maximum Gasteiger partial charge on any atom is 0.246 e. The number of hydrogen-bond donors (Lipinski definition) is 1. The van der Waals surface area contributed by atoms with Crippen LogP contribution in [0.5, 0.6) is 0 Å². The number of ether oxygens (including phenoxy) is 3. The number of nitrogens with one attached hydrogen (secondary N) is 1. The quantitative estimate of drug-likeness (QED) is 0.548. The molecule has 0 bridgehead atoms. The van der Waals surface area contributed by atoms with Crippen molar-refractivity contribution >= 4 is 11.7 Å². The molecule has 1 N–H and O–H groups in total. The van der Waals surface area contributed by atoms with Crippen molar-refractivity contribution in [1.29, 1.82) is 0 Å². The van der Waals surface area contributed by atoms with E-state index in [0.29, 0.717) is 33.0 Å². The summed E-state index contributed by atoms with van der Waals surface area (Å²) in [6.45, 7) is 9.99. The first kappa shape index (κ1) is 20.0. The molecular formula is C15H29NO5. The lowest BCUT2D eigenvalue weighted by molar-refractivity contribution is -0.131. The second-order valence-electron chi connectivity index (χ2n) is 5.74. The van der Waals surface area contributed by atoms with Gasteiger partial charge in [-0.1, -0.05) is 27.7 Å². The van der Waals surface area contributed by atoms with Gasteiger partial charge in [0.1, 0.15) is 13.2 Å². The van der Waals surface area contributed by atoms with Gasteiger partial charge in [0.2, 0.25) is 5.91 Å². The fourth-order valence-corrected chi connectivity index (χ4v) is 1.22. The Morgan fingerprint density at radius 3 is 2.14 bits per heavy atom. The minimum Gasteiger partial charge on any atom is -0.377 e. The molecular weight excluding hydrogens is 274 g/mol. The highest BCUT2D eigenvalue weighted by atomic mass is 16.5. The molecule has 0 radical (unpaired) electrons. The Hall–Kier alpha value is -0.980. The molecule has 0 aromatic heterocycles. The van der Waals surface area contributed by atoms with Crippen LogP contribution in [0.4, 0.5) is 0 Å². The van der Waals surface area contributed by atoms with E-state index in [9.17, 15) is 9.59 Å². The van der Waals surface area contributed by atoms with Crippen molar-refractivity contribution in [2.24, 2.45) is 5.41 Å². The summed E-state index contributed by atoms with van der Waals surface area (Å²) in [5.41, 5.74) is -0.370. The van der Waals surface area contributed by atoms with Crippen LogP contribution in [0, 0.1) is 5.41 Å². The standard InChI is InChI=1S/C15H29NO5/c1-5-7-20-12-14(18)16-6-8-19-9-10-21-11-13(17)15(2,3)4/h5-12H2,1-4H3,(H,16,18). The third-order valence-electron chi connectivity index (χ3n) is 2.59. The van der Waals surface area contributed by atoms with E-state index in [1.54, 1.807) is 0 Å². The summed E-state index contributed by atoms with van der Waals surface area (Å²) in [4.78, 5) is 22.8. The highest BCUT2D eigenvalue weighted by Crippen LogP contribution is 2.14. The molecule has 1 amide bonds. The number of carbonyl (C=O) groups excluding carboxylic acids is 2. The zero-order valence-corrected chi connectivity index (χ0v) is 13.7. The number of ketones is 1. The lowest BCUT2D eigenvalue weighted by atomic mass is 9.91. The molecule has 0 saturated carbocycles. The van der Waals surface area contributed by atoms with Crippen molar-refractivity contribution in [3.05, 3.63) is 0 Å². The molecule has 0 unspecified atom stereocenters. The Balaban J connectivity index is 3.33. The summed E-state index contributed by atoms with van der Waals surface area (Å²) in [5, 5.41) is 2.69. The summed E-state index contributed by atoms with van der Waals surface area (Å²) < 4.78 is 15.6. The van der Waals surface area contributed by atoms with Gasteiger partial charge in [-0.15, -0.1) is 0 Å². The highest BCUT2D eigenvalue weighted by Gasteiger charge is 2.20. The highest BCUT2D eigenvalue weighted by molar-refractivity contribution is 5.84. The van der Waals surface area contributed by atoms with E-state index >= 15 is 0 Å². The maximum absolute atomic E-state index is 11.6. The average Bonchev–Trinajstić information content (AvgIpc) is 2.40. The van der Waals surface area contributed by atoms with E-state index in [4.69, 9.17) is 14.2 Å². The predicted molar refractivity (Wildman–Crippen MR) is 80.2 cm³/mol. The number of rotatable bonds is 12. The van der Waals surface area contributed by atoms with Gasteiger partial charge in [0.25, 0.3) is 0 Å². The summed E-state index contributed by atoms with van der Waals surface area (Å²) >= 11 is 0. The molecule has 0 aliphatic rings. The molecule has 0 aromatic rings. The molecule has 0 atom stereocenters. The summed E-state index contributed by atoms with van der Waals surface area (Å²) in [6, 6.07) is 0. The van der Waals surface area contributed by atoms with E-state index in [-0.39, 0.29) is 30.3 Å². The minimum absolute atomic E-state index is 0.0712. The van der Waals surface area contributed by atoms with Gasteiger partial charge in [0, 0.05) is 18.6 Å². The number of hydrogen-bond acceptors (Lipinski definition) is 5. The van der Waals surface area contributed by atoms with Crippen LogP contribution in [0.15, 0.2) is 0 Å². The molecule has 0 rings (SSSR count). The topological polar surface area (TPSA) is 73.9 Å². The van der Waals surface area contributed by atoms with Gasteiger partial charge in [-0.2, -0.15) is 0 Å². The second kappa shape index (κ2) is 11.7. The normalized spacial score (nSPS) is 11.4. The van der Waals surface area contributed by atoms with Gasteiger partial charge in [0.05, 0.1) is 19.8 Å². The molecule has 21 heavy (non-hydrogen) atoms. The van der Waals surface area contributed by atoms with Gasteiger partial charge in [-0.05, 0) is 6.42 Å². The fourth-order valence-electron chi connectivity index (χ4n) is 1.22. The van der Waals surface area contributed by atoms with Crippen LogP contribution in [0.3, 0.4) is 0 Å². The minimum atomic E-state index is -0.370. The van der Waals surface area contributed by atoms with E-state index in [2.05, 4.69) is 5.32 Å². The lowest BCUT2D eigenvalue weighted by Crippen LogP contribution is -2.31. The van der Waals surface area contributed by atoms with Gasteiger partial charge in [0.15, 0.2) is 5.78 Å². The van der Waals surface area contributed by atoms with Gasteiger partial charge in [-0.25, -0.2) is 0 Å². The summed E-state index contributed by atoms with van der Waals surface area (Å²) in [7, 11) is 0. The van der Waals surface area contributed by atoms with E-state index in [1.165, 1.54) is 0 Å². The SMILES string of the molecule is CCCOCC(=O)NCCOCCOCC(=O)C(C)(C)C. The van der Waals surface area contributed by atoms with Gasteiger partial charge < -0.3 is 19.5 Å². The van der Waals surface area contributed by atoms with Crippen LogP contribution in [0.25, 0.3) is 0 Å². The first-order chi connectivity index (χ1) is 9.88. The number of Topliss-reactive ketones (excluding diaryl/α,β-unsaturated/α-hetero) is 1. The molecule has 0 fully saturated rings. The molecule has 0 saturated heterocycles. The maximum atomic E-state index is 11.6. The van der Waals surface area contributed by atoms with Crippen molar-refractivity contribution in [2.75, 3.05) is 46.2 Å². The van der Waals surface area contributed by atoms with Crippen LogP contribution in [0.2, 0.25) is 0 Å². The van der Waals surface area contributed by atoms with E-state index in [0.717, 1.165) is 6.42 Å². The molecule has 0 aliphatic heterocycles. The molecule has 0 aromatic carbocycles. The van der Waals surface area contributed by atoms with E-state index < -0.39 is 0 Å². The Labute approximate surface area is 127 Å². The lowest BCUT2D eigenvalue weighted by Gasteiger charge is -2.16. The van der Waals surface area contributed by atoms with Crippen molar-refractivity contribution in [2.45, 2.75) is 34.1 Å². The van der Waals surface area contributed by atoms with Crippen LogP contribution >= 0.6 is 0 Å². The summed E-state index contributed by atoms with van der Waals surface area (Å²) in [5.74, 6) is -0.0686. The zero-order valence-electron chi connectivity index (χ0n) is 13.7. The Morgan fingerprint density at radius 2 is 1.52 bits per heavy atom. The molecule has 124 valence electrons. The van der Waals surface area contributed by atoms with Crippen molar-refractivity contribution in [3.63, 3.8) is 0 Å². The predicted octanol–water partition coefficient (Wildman–Crippen LogP) is 1.18. The zero-order chi connectivity index (χ0) is 16.1. The third kappa shape index (κ3) is 12.5. The monoisotopic (exact) mass is 303 g/mol. The van der Waals surface area contributed by atoms with Crippen molar-refractivity contribution < 1.29 is 23.8 Å². The van der Waals surface area contributed by atoms with Crippen LogP contribution in [-0.2, 0) is 23.8 Å². The Kier molecular flexibility index (Phi) is 11.1. The molecule has 6 nitrogen and oxygen atoms in total. The van der Waals surface area contributed by atoms with Crippen LogP contribution in [-0.4, -0.2) is 57.9 Å². The van der Waals surface area contributed by atoms with Crippen molar-refractivity contribution in [3.8, 4) is 0 Å². The first-order valence-corrected chi connectivity index (χ1v) is 7.41. The number of amides is 1. The first-order valence-electron chi connectivity index (χ1n) is 7.41. The smallest absolute Gasteiger partial charge is 0.246 e. The van der Waals surface area contributed by atoms with Crippen LogP contribution in [0.1, 0.15) is 34.1 Å². The molecule has 0 spiro atoms. The van der Waals surface area contributed by atoms with E-state index in [1.807, 2.05) is 27.7 Å². The summed E-state index contributed by atoms with van der Waals surface area (Å²) in [6.07, 6.45) is 0.897. The van der Waals surface area contributed by atoms with Crippen LogP contribution < -0.4 is 5.32 Å². The molecule has 0 heterocycles. The third-order valence-corrected chi connectivity index (χ3v) is 2.59. The Morgan fingerprint density at radius 1 is 0.905 bits per heavy atom. The van der Waals surface area contributed by atoms with Gasteiger partial charge in [-0.3, -0.25) is 9.59 Å².